The molecule has 154 valence electrons. The summed E-state index contributed by atoms with van der Waals surface area (Å²) in [5.74, 6) is 0.0382. The van der Waals surface area contributed by atoms with Crippen LogP contribution >= 0.6 is 23.2 Å². The van der Waals surface area contributed by atoms with Crippen molar-refractivity contribution in [1.82, 2.24) is 4.57 Å². The van der Waals surface area contributed by atoms with E-state index < -0.39 is 0 Å². The molecule has 0 amide bonds. The first-order valence-electron chi connectivity index (χ1n) is 10.6. The number of allylic oxidation sites excluding steroid dienone is 2. The summed E-state index contributed by atoms with van der Waals surface area (Å²) >= 11 is 12.7. The van der Waals surface area contributed by atoms with Crippen LogP contribution in [0.25, 0.3) is 21.8 Å². The van der Waals surface area contributed by atoms with Crippen molar-refractivity contribution in [3.8, 4) is 0 Å². The van der Waals surface area contributed by atoms with Gasteiger partial charge in [-0.25, -0.2) is 0 Å². The number of ketones is 1. The molecular weight excluding hydrogens is 427 g/mol. The molecule has 0 saturated heterocycles. The van der Waals surface area contributed by atoms with Gasteiger partial charge in [-0.1, -0.05) is 47.5 Å². The molecule has 0 saturated carbocycles. The van der Waals surface area contributed by atoms with Crippen LogP contribution in [0, 0.1) is 0 Å². The predicted molar refractivity (Wildman–Crippen MR) is 128 cm³/mol. The van der Waals surface area contributed by atoms with Crippen molar-refractivity contribution in [3.63, 3.8) is 0 Å². The summed E-state index contributed by atoms with van der Waals surface area (Å²) in [6.45, 7) is 3.04. The number of carbonyl (C=O) groups excluding carboxylic acids is 1. The van der Waals surface area contributed by atoms with Crippen molar-refractivity contribution in [2.24, 2.45) is 0 Å². The number of Topliss-reactive ketones (excluding diaryl/α,β-unsaturated/α-hetero) is 1. The van der Waals surface area contributed by atoms with Gasteiger partial charge in [0.2, 0.25) is 0 Å². The fraction of sp³-hybridized carbons (Fsp3) is 0.192. The number of aryl methyl sites for hydroxylation is 1. The monoisotopic (exact) mass is 446 g/mol. The highest BCUT2D eigenvalue weighted by molar-refractivity contribution is 6.42. The smallest absolute Gasteiger partial charge is 0.161 e. The Balaban J connectivity index is 1.75. The van der Waals surface area contributed by atoms with Crippen LogP contribution < -0.4 is 5.32 Å². The molecule has 0 fully saturated rings. The third kappa shape index (κ3) is 2.63. The molecule has 1 N–H and O–H groups in total. The molecule has 4 aromatic rings. The van der Waals surface area contributed by atoms with E-state index >= 15 is 0 Å². The summed E-state index contributed by atoms with van der Waals surface area (Å²) in [6.07, 6.45) is 1.30. The molecular formula is C26H20Cl2N2O. The highest BCUT2D eigenvalue weighted by atomic mass is 35.5. The molecule has 5 heteroatoms. The third-order valence-corrected chi connectivity index (χ3v) is 7.40. The van der Waals surface area contributed by atoms with E-state index in [4.69, 9.17) is 23.2 Å². The minimum absolute atomic E-state index is 0.171. The van der Waals surface area contributed by atoms with Crippen LogP contribution in [0.3, 0.4) is 0 Å². The predicted octanol–water partition coefficient (Wildman–Crippen LogP) is 7.30. The number of benzene rings is 3. The van der Waals surface area contributed by atoms with Gasteiger partial charge in [-0.2, -0.15) is 0 Å². The van der Waals surface area contributed by atoms with Crippen LogP contribution in [0.1, 0.15) is 36.8 Å². The number of aromatic nitrogens is 1. The van der Waals surface area contributed by atoms with E-state index in [0.29, 0.717) is 16.5 Å². The Hall–Kier alpha value is -2.75. The van der Waals surface area contributed by atoms with E-state index in [1.165, 1.54) is 21.8 Å². The largest absolute Gasteiger partial charge is 0.358 e. The summed E-state index contributed by atoms with van der Waals surface area (Å²) in [4.78, 5) is 13.1. The van der Waals surface area contributed by atoms with Crippen molar-refractivity contribution < 1.29 is 4.79 Å². The second-order valence-electron chi connectivity index (χ2n) is 8.23. The van der Waals surface area contributed by atoms with E-state index in [0.717, 1.165) is 41.1 Å². The Kier molecular flexibility index (Phi) is 4.21. The molecule has 0 bridgehead atoms. The van der Waals surface area contributed by atoms with Crippen LogP contribution in [0.2, 0.25) is 10.0 Å². The molecule has 3 nitrogen and oxygen atoms in total. The summed E-state index contributed by atoms with van der Waals surface area (Å²) in [7, 11) is 0. The third-order valence-electron chi connectivity index (χ3n) is 6.66. The molecule has 1 aromatic heterocycles. The van der Waals surface area contributed by atoms with Crippen LogP contribution in [-0.4, -0.2) is 10.4 Å². The van der Waals surface area contributed by atoms with Crippen molar-refractivity contribution >= 4 is 56.5 Å². The number of nitrogens with one attached hydrogen (secondary N) is 1. The average molecular weight is 447 g/mol. The SMILES string of the molecule is CCn1c2ccccc2c2c3c(ccc21)NC1=C(C(=O)CC1)C3c1ccc(Cl)c(Cl)c1. The lowest BCUT2D eigenvalue weighted by atomic mass is 9.79. The molecule has 31 heavy (non-hydrogen) atoms. The second kappa shape index (κ2) is 6.88. The lowest BCUT2D eigenvalue weighted by Crippen LogP contribution is -2.19. The van der Waals surface area contributed by atoms with Crippen molar-refractivity contribution in [2.45, 2.75) is 32.2 Å². The molecule has 2 heterocycles. The van der Waals surface area contributed by atoms with Crippen LogP contribution in [0.15, 0.2) is 65.9 Å². The topological polar surface area (TPSA) is 34.0 Å². The van der Waals surface area contributed by atoms with Gasteiger partial charge in [-0.3, -0.25) is 4.79 Å². The average Bonchev–Trinajstić information content (AvgIpc) is 3.31. The van der Waals surface area contributed by atoms with Crippen LogP contribution in [-0.2, 0) is 11.3 Å². The number of anilines is 1. The molecule has 1 aliphatic carbocycles. The number of carbonyl (C=O) groups is 1. The van der Waals surface area contributed by atoms with Gasteiger partial charge in [0.05, 0.1) is 10.0 Å². The first kappa shape index (κ1) is 19.0. The molecule has 2 aliphatic rings. The summed E-state index contributed by atoms with van der Waals surface area (Å²) in [5.41, 5.74) is 7.51. The second-order valence-corrected chi connectivity index (χ2v) is 9.04. The van der Waals surface area contributed by atoms with E-state index in [-0.39, 0.29) is 11.7 Å². The van der Waals surface area contributed by atoms with Crippen LogP contribution in [0.5, 0.6) is 0 Å². The number of rotatable bonds is 2. The summed E-state index contributed by atoms with van der Waals surface area (Å²) in [6, 6.07) is 18.6. The maximum Gasteiger partial charge on any atom is 0.161 e. The van der Waals surface area contributed by atoms with Crippen molar-refractivity contribution in [1.29, 1.82) is 0 Å². The molecule has 0 radical (unpaired) electrons. The van der Waals surface area contributed by atoms with Crippen molar-refractivity contribution in [2.75, 3.05) is 5.32 Å². The lowest BCUT2D eigenvalue weighted by Gasteiger charge is -2.30. The Bertz CT molecular complexity index is 1450. The fourth-order valence-corrected chi connectivity index (χ4v) is 5.70. The molecule has 0 spiro atoms. The minimum atomic E-state index is -0.171. The van der Waals surface area contributed by atoms with Gasteiger partial charge in [0, 0.05) is 57.6 Å². The maximum absolute atomic E-state index is 13.1. The van der Waals surface area contributed by atoms with E-state index in [9.17, 15) is 4.79 Å². The zero-order valence-corrected chi connectivity index (χ0v) is 18.5. The van der Waals surface area contributed by atoms with E-state index in [2.05, 4.69) is 53.2 Å². The lowest BCUT2D eigenvalue weighted by molar-refractivity contribution is -0.115. The highest BCUT2D eigenvalue weighted by Gasteiger charge is 2.38. The van der Waals surface area contributed by atoms with Gasteiger partial charge < -0.3 is 9.88 Å². The number of hydrogen-bond donors (Lipinski definition) is 1. The van der Waals surface area contributed by atoms with E-state index in [1.807, 2.05) is 18.2 Å². The molecule has 3 aromatic carbocycles. The molecule has 1 unspecified atom stereocenters. The molecule has 6 rings (SSSR count). The first-order chi connectivity index (χ1) is 15.1. The summed E-state index contributed by atoms with van der Waals surface area (Å²) in [5, 5.41) is 7.02. The summed E-state index contributed by atoms with van der Waals surface area (Å²) < 4.78 is 2.34. The molecule has 1 aliphatic heterocycles. The maximum atomic E-state index is 13.1. The van der Waals surface area contributed by atoms with Gasteiger partial charge >= 0.3 is 0 Å². The fourth-order valence-electron chi connectivity index (χ4n) is 5.39. The Morgan fingerprint density at radius 2 is 1.84 bits per heavy atom. The normalized spacial score (nSPS) is 17.9. The Morgan fingerprint density at radius 1 is 1.00 bits per heavy atom. The standard InChI is InChI=1S/C26H20Cl2N2O/c1-2-30-20-6-4-3-5-15(20)24-21(30)11-9-19-26(24)23(14-7-8-16(27)17(28)13-14)25-18(29-19)10-12-22(25)31/h3-9,11,13,23,29H,2,10,12H2,1H3. The molecule has 1 atom stereocenters. The van der Waals surface area contributed by atoms with Gasteiger partial charge in [0.25, 0.3) is 0 Å². The van der Waals surface area contributed by atoms with E-state index in [1.54, 1.807) is 0 Å². The first-order valence-corrected chi connectivity index (χ1v) is 11.4. The van der Waals surface area contributed by atoms with Crippen LogP contribution in [0.4, 0.5) is 5.69 Å². The zero-order chi connectivity index (χ0) is 21.3. The van der Waals surface area contributed by atoms with Gasteiger partial charge in [-0.05, 0) is 54.8 Å². The quantitative estimate of drug-likeness (QED) is 0.350. The number of para-hydroxylation sites is 1. The van der Waals surface area contributed by atoms with Gasteiger partial charge in [0.1, 0.15) is 0 Å². The van der Waals surface area contributed by atoms with Crippen molar-refractivity contribution in [3.05, 3.63) is 87.0 Å². The zero-order valence-electron chi connectivity index (χ0n) is 17.0. The highest BCUT2D eigenvalue weighted by Crippen LogP contribution is 2.50. The number of hydrogen-bond acceptors (Lipinski definition) is 2. The number of fused-ring (bicyclic) bond motifs is 5. The number of halogens is 2. The van der Waals surface area contributed by atoms with Gasteiger partial charge in [0.15, 0.2) is 5.78 Å². The Morgan fingerprint density at radius 3 is 2.65 bits per heavy atom. The van der Waals surface area contributed by atoms with Gasteiger partial charge in [-0.15, -0.1) is 0 Å². The Labute approximate surface area is 190 Å². The minimum Gasteiger partial charge on any atom is -0.358 e. The number of nitrogens with zero attached hydrogens (tertiary/aromatic N) is 1.